The number of rotatable bonds is 7. The van der Waals surface area contributed by atoms with E-state index in [0.29, 0.717) is 13.1 Å². The monoisotopic (exact) mass is 443 g/mol. The highest BCUT2D eigenvalue weighted by atomic mass is 19.1. The van der Waals surface area contributed by atoms with Gasteiger partial charge in [0.2, 0.25) is 5.91 Å². The molecule has 1 heterocycles. The Balaban J connectivity index is 1.57. The van der Waals surface area contributed by atoms with Crippen molar-refractivity contribution < 1.29 is 28.2 Å². The molecule has 170 valence electrons. The molecule has 2 aromatic carbocycles. The molecule has 0 aromatic heterocycles. The number of amides is 1. The van der Waals surface area contributed by atoms with Gasteiger partial charge in [0, 0.05) is 32.7 Å². The molecule has 0 unspecified atom stereocenters. The first kappa shape index (κ1) is 23.4. The Morgan fingerprint density at radius 1 is 0.906 bits per heavy atom. The van der Waals surface area contributed by atoms with Crippen molar-refractivity contribution in [2.75, 3.05) is 52.3 Å². The van der Waals surface area contributed by atoms with Crippen molar-refractivity contribution in [3.63, 3.8) is 0 Å². The Morgan fingerprint density at radius 2 is 1.53 bits per heavy atom. The zero-order chi connectivity index (χ0) is 23.1. The number of benzene rings is 2. The lowest BCUT2D eigenvalue weighted by Gasteiger charge is -2.34. The third-order valence-corrected chi connectivity index (χ3v) is 5.27. The normalized spacial score (nSPS) is 14.6. The molecule has 8 nitrogen and oxygen atoms in total. The van der Waals surface area contributed by atoms with Crippen LogP contribution < -0.4 is 5.32 Å². The van der Waals surface area contributed by atoms with Gasteiger partial charge in [-0.05, 0) is 35.9 Å². The highest BCUT2D eigenvalue weighted by Crippen LogP contribution is 2.20. The molecule has 0 radical (unpaired) electrons. The third kappa shape index (κ3) is 6.12. The first-order chi connectivity index (χ1) is 15.4. The molecule has 0 saturated carbocycles. The van der Waals surface area contributed by atoms with Crippen molar-refractivity contribution in [3.8, 4) is 0 Å². The maximum absolute atomic E-state index is 13.1. The Kier molecular flexibility index (Phi) is 7.91. The topological polar surface area (TPSA) is 88.2 Å². The van der Waals surface area contributed by atoms with Crippen LogP contribution in [0.25, 0.3) is 0 Å². The van der Waals surface area contributed by atoms with E-state index in [1.54, 1.807) is 12.1 Å². The van der Waals surface area contributed by atoms with Gasteiger partial charge in [0.25, 0.3) is 0 Å². The van der Waals surface area contributed by atoms with Gasteiger partial charge in [-0.25, -0.2) is 14.0 Å². The number of halogens is 1. The van der Waals surface area contributed by atoms with Crippen molar-refractivity contribution >= 4 is 23.5 Å². The molecular formula is C23H26FN3O5. The Morgan fingerprint density at radius 3 is 2.16 bits per heavy atom. The fourth-order valence-corrected chi connectivity index (χ4v) is 3.53. The highest BCUT2D eigenvalue weighted by molar-refractivity contribution is 6.03. The average Bonchev–Trinajstić information content (AvgIpc) is 2.80. The minimum atomic E-state index is -0.619. The fraction of sp³-hybridized carbons (Fsp3) is 0.348. The predicted octanol–water partition coefficient (Wildman–Crippen LogP) is 2.16. The fourth-order valence-electron chi connectivity index (χ4n) is 3.53. The second kappa shape index (κ2) is 10.8. The van der Waals surface area contributed by atoms with E-state index in [9.17, 15) is 18.8 Å². The standard InChI is InChI=1S/C23H26FN3O5/c1-31-22(29)17-5-8-19(23(30)32-2)20(13-17)25-21(28)15-27-11-9-26(10-12-27)14-16-3-6-18(24)7-4-16/h3-8,13H,9-12,14-15H2,1-2H3,(H,25,28). The summed E-state index contributed by atoms with van der Waals surface area (Å²) in [5.74, 6) is -1.75. The van der Waals surface area contributed by atoms with Crippen LogP contribution in [0.2, 0.25) is 0 Å². The lowest BCUT2D eigenvalue weighted by atomic mass is 10.1. The van der Waals surface area contributed by atoms with E-state index in [0.717, 1.165) is 25.2 Å². The summed E-state index contributed by atoms with van der Waals surface area (Å²) in [7, 11) is 2.50. The van der Waals surface area contributed by atoms with E-state index in [-0.39, 0.29) is 35.1 Å². The Labute approximate surface area is 185 Å². The summed E-state index contributed by atoms with van der Waals surface area (Å²) in [5.41, 5.74) is 1.60. The number of methoxy groups -OCH3 is 2. The van der Waals surface area contributed by atoms with E-state index >= 15 is 0 Å². The van der Waals surface area contributed by atoms with Crippen LogP contribution >= 0.6 is 0 Å². The molecule has 0 bridgehead atoms. The number of anilines is 1. The molecule has 1 aliphatic heterocycles. The number of nitrogens with zero attached hydrogens (tertiary/aromatic N) is 2. The largest absolute Gasteiger partial charge is 0.465 e. The molecule has 0 spiro atoms. The molecule has 3 rings (SSSR count). The SMILES string of the molecule is COC(=O)c1ccc(C(=O)OC)c(NC(=O)CN2CCN(Cc3ccc(F)cc3)CC2)c1. The smallest absolute Gasteiger partial charge is 0.339 e. The predicted molar refractivity (Wildman–Crippen MR) is 116 cm³/mol. The van der Waals surface area contributed by atoms with Gasteiger partial charge < -0.3 is 14.8 Å². The summed E-state index contributed by atoms with van der Waals surface area (Å²) in [6, 6.07) is 10.7. The number of nitrogens with one attached hydrogen (secondary N) is 1. The summed E-state index contributed by atoms with van der Waals surface area (Å²) < 4.78 is 22.5. The molecule has 1 aliphatic rings. The number of hydrogen-bond acceptors (Lipinski definition) is 7. The van der Waals surface area contributed by atoms with Crippen molar-refractivity contribution in [1.82, 2.24) is 9.80 Å². The molecule has 1 saturated heterocycles. The first-order valence-electron chi connectivity index (χ1n) is 10.2. The minimum Gasteiger partial charge on any atom is -0.465 e. The van der Waals surface area contributed by atoms with E-state index in [2.05, 4.69) is 10.2 Å². The van der Waals surface area contributed by atoms with Crippen molar-refractivity contribution in [2.24, 2.45) is 0 Å². The van der Waals surface area contributed by atoms with Crippen molar-refractivity contribution in [2.45, 2.75) is 6.54 Å². The van der Waals surface area contributed by atoms with Crippen LogP contribution in [-0.4, -0.2) is 74.6 Å². The lowest BCUT2D eigenvalue weighted by molar-refractivity contribution is -0.117. The van der Waals surface area contributed by atoms with Gasteiger partial charge in [-0.1, -0.05) is 12.1 Å². The lowest BCUT2D eigenvalue weighted by Crippen LogP contribution is -2.48. The maximum atomic E-state index is 13.1. The highest BCUT2D eigenvalue weighted by Gasteiger charge is 2.21. The summed E-state index contributed by atoms with van der Waals surface area (Å²) in [4.78, 5) is 40.7. The second-order valence-corrected chi connectivity index (χ2v) is 7.47. The number of hydrogen-bond donors (Lipinski definition) is 1. The van der Waals surface area contributed by atoms with Crippen LogP contribution in [0.15, 0.2) is 42.5 Å². The van der Waals surface area contributed by atoms with Crippen LogP contribution in [0.1, 0.15) is 26.3 Å². The van der Waals surface area contributed by atoms with E-state index in [1.807, 2.05) is 4.90 Å². The molecule has 1 amide bonds. The van der Waals surface area contributed by atoms with E-state index in [4.69, 9.17) is 9.47 Å². The number of ether oxygens (including phenoxy) is 2. The van der Waals surface area contributed by atoms with Crippen LogP contribution in [-0.2, 0) is 20.8 Å². The Hall–Kier alpha value is -3.30. The first-order valence-corrected chi connectivity index (χ1v) is 10.2. The van der Waals surface area contributed by atoms with Gasteiger partial charge in [-0.2, -0.15) is 0 Å². The molecule has 1 N–H and O–H groups in total. The molecule has 2 aromatic rings. The minimum absolute atomic E-state index is 0.146. The van der Waals surface area contributed by atoms with E-state index in [1.165, 1.54) is 44.6 Å². The molecule has 0 atom stereocenters. The average molecular weight is 443 g/mol. The summed E-state index contributed by atoms with van der Waals surface area (Å²) in [6.07, 6.45) is 0. The molecular weight excluding hydrogens is 417 g/mol. The molecule has 0 aliphatic carbocycles. The number of piperazine rings is 1. The molecule has 9 heteroatoms. The second-order valence-electron chi connectivity index (χ2n) is 7.47. The van der Waals surface area contributed by atoms with Crippen LogP contribution in [0, 0.1) is 5.82 Å². The van der Waals surface area contributed by atoms with Gasteiger partial charge in [0.1, 0.15) is 5.82 Å². The molecule has 1 fully saturated rings. The molecule has 32 heavy (non-hydrogen) atoms. The summed E-state index contributed by atoms with van der Waals surface area (Å²) in [5, 5.41) is 2.71. The van der Waals surface area contributed by atoms with Crippen LogP contribution in [0.3, 0.4) is 0 Å². The van der Waals surface area contributed by atoms with Crippen molar-refractivity contribution in [1.29, 1.82) is 0 Å². The van der Waals surface area contributed by atoms with Gasteiger partial charge in [-0.15, -0.1) is 0 Å². The van der Waals surface area contributed by atoms with Gasteiger partial charge >= 0.3 is 11.9 Å². The zero-order valence-corrected chi connectivity index (χ0v) is 18.1. The van der Waals surface area contributed by atoms with Crippen LogP contribution in [0.4, 0.5) is 10.1 Å². The maximum Gasteiger partial charge on any atom is 0.339 e. The van der Waals surface area contributed by atoms with Gasteiger partial charge in [0.05, 0.1) is 37.6 Å². The number of esters is 2. The summed E-state index contributed by atoms with van der Waals surface area (Å²) in [6.45, 7) is 3.81. The zero-order valence-electron chi connectivity index (χ0n) is 18.1. The number of carbonyl (C=O) groups excluding carboxylic acids is 3. The van der Waals surface area contributed by atoms with Crippen molar-refractivity contribution in [3.05, 3.63) is 65.0 Å². The Bertz CT molecular complexity index is 972. The summed E-state index contributed by atoms with van der Waals surface area (Å²) >= 11 is 0. The van der Waals surface area contributed by atoms with E-state index < -0.39 is 11.9 Å². The van der Waals surface area contributed by atoms with Gasteiger partial charge in [0.15, 0.2) is 0 Å². The van der Waals surface area contributed by atoms with Crippen LogP contribution in [0.5, 0.6) is 0 Å². The third-order valence-electron chi connectivity index (χ3n) is 5.27. The van der Waals surface area contributed by atoms with Gasteiger partial charge in [-0.3, -0.25) is 14.6 Å². The quantitative estimate of drug-likeness (QED) is 0.656. The number of carbonyl (C=O) groups is 3.